The van der Waals surface area contributed by atoms with Gasteiger partial charge in [-0.15, -0.1) is 0 Å². The van der Waals surface area contributed by atoms with Crippen molar-refractivity contribution in [2.45, 2.75) is 32.2 Å². The lowest BCUT2D eigenvalue weighted by Crippen LogP contribution is -2.25. The van der Waals surface area contributed by atoms with Crippen LogP contribution < -0.4 is 5.32 Å². The van der Waals surface area contributed by atoms with E-state index >= 15 is 0 Å². The van der Waals surface area contributed by atoms with Gasteiger partial charge in [0.2, 0.25) is 0 Å². The van der Waals surface area contributed by atoms with Crippen molar-refractivity contribution in [3.63, 3.8) is 0 Å². The summed E-state index contributed by atoms with van der Waals surface area (Å²) in [6.07, 6.45) is 5.57. The van der Waals surface area contributed by atoms with Crippen LogP contribution in [0.15, 0.2) is 34.9 Å². The van der Waals surface area contributed by atoms with Crippen LogP contribution in [0.4, 0.5) is 0 Å². The van der Waals surface area contributed by atoms with E-state index in [1.807, 2.05) is 12.3 Å². The zero-order chi connectivity index (χ0) is 13.2. The third-order valence-electron chi connectivity index (χ3n) is 3.71. The predicted molar refractivity (Wildman–Crippen MR) is 80.6 cm³/mol. The smallest absolute Gasteiger partial charge is 0.0790 e. The summed E-state index contributed by atoms with van der Waals surface area (Å²) in [5, 5.41) is 8.16. The van der Waals surface area contributed by atoms with Gasteiger partial charge >= 0.3 is 0 Å². The number of nitrogens with one attached hydrogen (secondary N) is 1. The summed E-state index contributed by atoms with van der Waals surface area (Å²) < 4.78 is 3.18. The number of para-hydroxylation sites is 1. The van der Waals surface area contributed by atoms with E-state index in [4.69, 9.17) is 0 Å². The van der Waals surface area contributed by atoms with Gasteiger partial charge in [-0.2, -0.15) is 5.10 Å². The van der Waals surface area contributed by atoms with Crippen LogP contribution in [0.5, 0.6) is 0 Å². The maximum Gasteiger partial charge on any atom is 0.0790 e. The van der Waals surface area contributed by atoms with Gasteiger partial charge in [0.05, 0.1) is 11.9 Å². The van der Waals surface area contributed by atoms with Gasteiger partial charge in [0.15, 0.2) is 0 Å². The van der Waals surface area contributed by atoms with E-state index in [0.29, 0.717) is 6.04 Å². The Labute approximate surface area is 122 Å². The van der Waals surface area contributed by atoms with E-state index in [1.54, 1.807) is 0 Å². The summed E-state index contributed by atoms with van der Waals surface area (Å²) >= 11 is 3.61. The molecular formula is C15H18BrN3. The highest BCUT2D eigenvalue weighted by Crippen LogP contribution is 2.32. The first-order valence-electron chi connectivity index (χ1n) is 6.86. The molecule has 2 aromatic rings. The third kappa shape index (κ3) is 2.35. The molecule has 3 nitrogen and oxygen atoms in total. The molecule has 1 N–H and O–H groups in total. The number of nitrogens with zero attached hydrogens (tertiary/aromatic N) is 2. The molecule has 0 spiro atoms. The Hall–Kier alpha value is -1.13. The van der Waals surface area contributed by atoms with E-state index < -0.39 is 0 Å². The molecule has 3 rings (SSSR count). The summed E-state index contributed by atoms with van der Waals surface area (Å²) in [7, 11) is 0. The largest absolute Gasteiger partial charge is 0.310 e. The number of aromatic nitrogens is 2. The van der Waals surface area contributed by atoms with Gasteiger partial charge in [0.1, 0.15) is 0 Å². The molecule has 0 radical (unpaired) electrons. The SMILES string of the molecule is CCNC1CCCc2c1cnn2-c1ccccc1Br. The van der Waals surface area contributed by atoms with Crippen molar-refractivity contribution in [3.8, 4) is 5.69 Å². The molecular weight excluding hydrogens is 302 g/mol. The van der Waals surface area contributed by atoms with Crippen LogP contribution >= 0.6 is 15.9 Å². The Balaban J connectivity index is 2.04. The van der Waals surface area contributed by atoms with Gasteiger partial charge in [-0.25, -0.2) is 4.68 Å². The monoisotopic (exact) mass is 319 g/mol. The van der Waals surface area contributed by atoms with Crippen LogP contribution in [0.25, 0.3) is 5.69 Å². The minimum absolute atomic E-state index is 0.463. The number of benzene rings is 1. The minimum atomic E-state index is 0.463. The second kappa shape index (κ2) is 5.47. The standard InChI is InChI=1S/C15H18BrN3/c1-2-17-13-7-5-9-14-11(13)10-18-19(14)15-8-4-3-6-12(15)16/h3-4,6,8,10,13,17H,2,5,7,9H2,1H3. The molecule has 19 heavy (non-hydrogen) atoms. The van der Waals surface area contributed by atoms with E-state index in [-0.39, 0.29) is 0 Å². The number of halogens is 1. The van der Waals surface area contributed by atoms with Gasteiger partial charge < -0.3 is 5.32 Å². The van der Waals surface area contributed by atoms with Gasteiger partial charge in [-0.05, 0) is 53.9 Å². The number of fused-ring (bicyclic) bond motifs is 1. The molecule has 1 aromatic heterocycles. The zero-order valence-electron chi connectivity index (χ0n) is 11.1. The van der Waals surface area contributed by atoms with Gasteiger partial charge in [-0.1, -0.05) is 19.1 Å². The van der Waals surface area contributed by atoms with Crippen LogP contribution in [-0.4, -0.2) is 16.3 Å². The average molecular weight is 320 g/mol. The van der Waals surface area contributed by atoms with Crippen LogP contribution in [0.2, 0.25) is 0 Å². The second-order valence-electron chi connectivity index (χ2n) is 4.91. The fraction of sp³-hybridized carbons (Fsp3) is 0.400. The normalized spacial score (nSPS) is 18.3. The predicted octanol–water partition coefficient (Wildman–Crippen LogP) is 3.62. The average Bonchev–Trinajstić information content (AvgIpc) is 2.85. The highest BCUT2D eigenvalue weighted by atomic mass is 79.9. The molecule has 100 valence electrons. The molecule has 1 unspecified atom stereocenters. The molecule has 0 saturated carbocycles. The molecule has 0 amide bonds. The van der Waals surface area contributed by atoms with Crippen LogP contribution in [-0.2, 0) is 6.42 Å². The Bertz CT molecular complexity index is 577. The maximum absolute atomic E-state index is 4.61. The first-order chi connectivity index (χ1) is 9.31. The molecule has 0 bridgehead atoms. The third-order valence-corrected chi connectivity index (χ3v) is 4.38. The highest BCUT2D eigenvalue weighted by Gasteiger charge is 2.24. The molecule has 1 atom stereocenters. The first kappa shape index (κ1) is 12.9. The lowest BCUT2D eigenvalue weighted by molar-refractivity contribution is 0.467. The van der Waals surface area contributed by atoms with E-state index in [9.17, 15) is 0 Å². The Morgan fingerprint density at radius 3 is 3.05 bits per heavy atom. The molecule has 0 fully saturated rings. The van der Waals surface area contributed by atoms with Crippen LogP contribution in [0.1, 0.15) is 37.1 Å². The first-order valence-corrected chi connectivity index (χ1v) is 7.65. The molecule has 0 aliphatic heterocycles. The lowest BCUT2D eigenvalue weighted by atomic mass is 9.93. The molecule has 1 aromatic carbocycles. The quantitative estimate of drug-likeness (QED) is 0.936. The van der Waals surface area contributed by atoms with E-state index in [0.717, 1.165) is 23.1 Å². The fourth-order valence-electron chi connectivity index (χ4n) is 2.85. The van der Waals surface area contributed by atoms with Gasteiger partial charge in [-0.3, -0.25) is 0 Å². The Morgan fingerprint density at radius 2 is 2.26 bits per heavy atom. The molecule has 1 aliphatic carbocycles. The van der Waals surface area contributed by atoms with Crippen molar-refractivity contribution in [2.75, 3.05) is 6.54 Å². The zero-order valence-corrected chi connectivity index (χ0v) is 12.7. The van der Waals surface area contributed by atoms with Crippen molar-refractivity contribution >= 4 is 15.9 Å². The fourth-order valence-corrected chi connectivity index (χ4v) is 3.30. The maximum atomic E-state index is 4.61. The van der Waals surface area contributed by atoms with Crippen molar-refractivity contribution in [1.82, 2.24) is 15.1 Å². The minimum Gasteiger partial charge on any atom is -0.310 e. The van der Waals surface area contributed by atoms with Gasteiger partial charge in [0, 0.05) is 21.8 Å². The highest BCUT2D eigenvalue weighted by molar-refractivity contribution is 9.10. The summed E-state index contributed by atoms with van der Waals surface area (Å²) in [6, 6.07) is 8.72. The summed E-state index contributed by atoms with van der Waals surface area (Å²) in [6.45, 7) is 3.16. The van der Waals surface area contributed by atoms with E-state index in [2.05, 4.69) is 56.2 Å². The van der Waals surface area contributed by atoms with Crippen molar-refractivity contribution in [3.05, 3.63) is 46.2 Å². The van der Waals surface area contributed by atoms with Gasteiger partial charge in [0.25, 0.3) is 0 Å². The molecule has 0 saturated heterocycles. The molecule has 1 heterocycles. The van der Waals surface area contributed by atoms with E-state index in [1.165, 1.54) is 24.1 Å². The second-order valence-corrected chi connectivity index (χ2v) is 5.77. The molecule has 1 aliphatic rings. The van der Waals surface area contributed by atoms with Crippen molar-refractivity contribution in [1.29, 1.82) is 0 Å². The van der Waals surface area contributed by atoms with Crippen LogP contribution in [0, 0.1) is 0 Å². The van der Waals surface area contributed by atoms with Crippen LogP contribution in [0.3, 0.4) is 0 Å². The lowest BCUT2D eigenvalue weighted by Gasteiger charge is -2.23. The number of hydrogen-bond donors (Lipinski definition) is 1. The number of rotatable bonds is 3. The summed E-state index contributed by atoms with van der Waals surface area (Å²) in [5.41, 5.74) is 3.84. The topological polar surface area (TPSA) is 29.9 Å². The Kier molecular flexibility index (Phi) is 3.71. The number of hydrogen-bond acceptors (Lipinski definition) is 2. The summed E-state index contributed by atoms with van der Waals surface area (Å²) in [5.74, 6) is 0. The van der Waals surface area contributed by atoms with Crippen molar-refractivity contribution < 1.29 is 0 Å². The Morgan fingerprint density at radius 1 is 1.42 bits per heavy atom. The van der Waals surface area contributed by atoms with Crippen molar-refractivity contribution in [2.24, 2.45) is 0 Å². The molecule has 4 heteroatoms. The summed E-state index contributed by atoms with van der Waals surface area (Å²) in [4.78, 5) is 0.